The predicted molar refractivity (Wildman–Crippen MR) is 160 cm³/mol. The largest absolute Gasteiger partial charge is 0.351 e. The normalized spacial score (nSPS) is 11.8. The number of rotatable bonds is 10. The van der Waals surface area contributed by atoms with E-state index in [2.05, 4.69) is 5.32 Å². The number of hydrogen-bond donors (Lipinski definition) is 1. The number of aromatic nitrogens is 1. The van der Waals surface area contributed by atoms with Crippen LogP contribution in [0.5, 0.6) is 0 Å². The number of nitrogens with one attached hydrogen (secondary N) is 1. The first-order valence-corrected chi connectivity index (χ1v) is 15.5. The molecule has 2 heterocycles. The van der Waals surface area contributed by atoms with Gasteiger partial charge < -0.3 is 10.2 Å². The molecule has 40 heavy (non-hydrogen) atoms. The summed E-state index contributed by atoms with van der Waals surface area (Å²) in [5.41, 5.74) is 2.09. The van der Waals surface area contributed by atoms with Crippen molar-refractivity contribution in [2.75, 3.05) is 32.9 Å². The zero-order valence-corrected chi connectivity index (χ0v) is 25.2. The highest BCUT2D eigenvalue weighted by Crippen LogP contribution is 2.34. The van der Waals surface area contributed by atoms with E-state index in [1.165, 1.54) is 16.8 Å². The number of carbonyl (C=O) groups is 2. The van der Waals surface area contributed by atoms with Crippen molar-refractivity contribution in [2.45, 2.75) is 17.6 Å². The van der Waals surface area contributed by atoms with Crippen LogP contribution in [0.25, 0.3) is 16.5 Å². The first kappa shape index (κ1) is 30.0. The summed E-state index contributed by atoms with van der Waals surface area (Å²) in [7, 11) is -0.0450. The van der Waals surface area contributed by atoms with Crippen LogP contribution in [0.1, 0.15) is 21.5 Å². The molecule has 8 nitrogen and oxygen atoms in total. The molecular formula is C28H27Cl2N3O5S2. The molecule has 0 radical (unpaired) electrons. The van der Waals surface area contributed by atoms with E-state index in [4.69, 9.17) is 23.2 Å². The number of fused-ring (bicyclic) bond motifs is 1. The van der Waals surface area contributed by atoms with E-state index in [1.807, 2.05) is 38.1 Å². The van der Waals surface area contributed by atoms with Crippen LogP contribution in [0, 0.1) is 6.92 Å². The molecule has 0 fully saturated rings. The fourth-order valence-electron chi connectivity index (χ4n) is 4.13. The Kier molecular flexibility index (Phi) is 9.16. The van der Waals surface area contributed by atoms with E-state index in [9.17, 15) is 22.8 Å². The molecule has 1 amide bonds. The van der Waals surface area contributed by atoms with E-state index < -0.39 is 21.4 Å². The minimum Gasteiger partial charge on any atom is -0.351 e. The minimum absolute atomic E-state index is 0.0568. The summed E-state index contributed by atoms with van der Waals surface area (Å²) >= 11 is 12.5. The van der Waals surface area contributed by atoms with Crippen molar-refractivity contribution < 1.29 is 18.0 Å². The maximum absolute atomic E-state index is 13.4. The fourth-order valence-corrected chi connectivity index (χ4v) is 7.34. The van der Waals surface area contributed by atoms with Crippen molar-refractivity contribution in [1.82, 2.24) is 14.8 Å². The average Bonchev–Trinajstić information content (AvgIpc) is 3.23. The molecule has 0 aliphatic heterocycles. The summed E-state index contributed by atoms with van der Waals surface area (Å²) in [4.78, 5) is 41.0. The van der Waals surface area contributed by atoms with E-state index in [-0.39, 0.29) is 31.5 Å². The molecule has 0 spiro atoms. The Balaban J connectivity index is 1.59. The second-order valence-electron chi connectivity index (χ2n) is 9.65. The highest BCUT2D eigenvalue weighted by molar-refractivity contribution is 7.94. The number of halogens is 2. The van der Waals surface area contributed by atoms with Crippen LogP contribution in [0.2, 0.25) is 9.36 Å². The quantitative estimate of drug-likeness (QED) is 0.279. The van der Waals surface area contributed by atoms with Gasteiger partial charge in [0.15, 0.2) is 15.6 Å². The number of nitrogens with zero attached hydrogens (tertiary/aromatic N) is 2. The third kappa shape index (κ3) is 6.82. The van der Waals surface area contributed by atoms with Crippen LogP contribution in [-0.4, -0.2) is 62.5 Å². The zero-order valence-electron chi connectivity index (χ0n) is 22.0. The summed E-state index contributed by atoms with van der Waals surface area (Å²) in [5.74, 6) is -1.47. The number of ketones is 1. The Labute approximate surface area is 246 Å². The lowest BCUT2D eigenvalue weighted by atomic mass is 10.0. The van der Waals surface area contributed by atoms with Gasteiger partial charge >= 0.3 is 0 Å². The van der Waals surface area contributed by atoms with Crippen molar-refractivity contribution in [3.63, 3.8) is 0 Å². The van der Waals surface area contributed by atoms with Crippen molar-refractivity contribution in [1.29, 1.82) is 0 Å². The van der Waals surface area contributed by atoms with E-state index in [0.717, 1.165) is 16.9 Å². The average molecular weight is 621 g/mol. The highest BCUT2D eigenvalue weighted by atomic mass is 35.5. The second kappa shape index (κ2) is 12.2. The van der Waals surface area contributed by atoms with Crippen LogP contribution in [0.15, 0.2) is 63.7 Å². The topological polar surface area (TPSA) is 106 Å². The van der Waals surface area contributed by atoms with Crippen LogP contribution >= 0.6 is 34.5 Å². The van der Waals surface area contributed by atoms with Gasteiger partial charge in [0.25, 0.3) is 11.5 Å². The Morgan fingerprint density at radius 3 is 2.35 bits per heavy atom. The molecule has 4 aromatic rings. The fraction of sp³-hybridized carbons (Fsp3) is 0.250. The van der Waals surface area contributed by atoms with Gasteiger partial charge in [-0.05, 0) is 50.8 Å². The molecule has 0 saturated heterocycles. The number of thiophene rings is 1. The maximum atomic E-state index is 13.4. The molecule has 4 rings (SSSR count). The molecule has 2 aromatic heterocycles. The Morgan fingerprint density at radius 2 is 1.73 bits per heavy atom. The van der Waals surface area contributed by atoms with Crippen molar-refractivity contribution in [2.24, 2.45) is 0 Å². The molecule has 1 N–H and O–H groups in total. The van der Waals surface area contributed by atoms with E-state index >= 15 is 0 Å². The summed E-state index contributed by atoms with van der Waals surface area (Å²) in [6.07, 6.45) is 1.41. The first-order valence-electron chi connectivity index (χ1n) is 12.2. The van der Waals surface area contributed by atoms with E-state index in [1.54, 1.807) is 30.3 Å². The molecule has 0 aliphatic carbocycles. The Bertz CT molecular complexity index is 1740. The molecule has 2 aromatic carbocycles. The minimum atomic E-state index is -3.87. The number of likely N-dealkylation sites (N-methyl/N-ethyl adjacent to an activating group) is 1. The monoisotopic (exact) mass is 619 g/mol. The van der Waals surface area contributed by atoms with E-state index in [0.29, 0.717) is 40.7 Å². The van der Waals surface area contributed by atoms with Gasteiger partial charge in [-0.3, -0.25) is 19.0 Å². The van der Waals surface area contributed by atoms with Gasteiger partial charge in [0.2, 0.25) is 0 Å². The van der Waals surface area contributed by atoms with Gasteiger partial charge in [0, 0.05) is 42.2 Å². The third-order valence-electron chi connectivity index (χ3n) is 6.16. The molecule has 0 bridgehead atoms. The lowest BCUT2D eigenvalue weighted by Gasteiger charge is -2.15. The number of hydrogen-bond acceptors (Lipinski definition) is 7. The smallest absolute Gasteiger partial charge is 0.262 e. The first-order chi connectivity index (χ1) is 18.9. The summed E-state index contributed by atoms with van der Waals surface area (Å²) < 4.78 is 26.7. The molecule has 0 unspecified atom stereocenters. The number of Topliss-reactive ketones (excluding diaryl/α,β-unsaturated/α-hetero) is 1. The number of aryl methyl sites for hydroxylation is 1. The lowest BCUT2D eigenvalue weighted by molar-refractivity contribution is -0.116. The molecule has 12 heteroatoms. The number of carbonyl (C=O) groups excluding carboxylic acids is 2. The molecular weight excluding hydrogens is 593 g/mol. The van der Waals surface area contributed by atoms with Crippen LogP contribution in [-0.2, 0) is 21.1 Å². The van der Waals surface area contributed by atoms with Gasteiger partial charge in [-0.1, -0.05) is 53.0 Å². The van der Waals surface area contributed by atoms with Gasteiger partial charge in [-0.2, -0.15) is 0 Å². The van der Waals surface area contributed by atoms with Gasteiger partial charge in [0.05, 0.1) is 10.6 Å². The summed E-state index contributed by atoms with van der Waals surface area (Å²) in [6.45, 7) is 3.01. The highest BCUT2D eigenvalue weighted by Gasteiger charge is 2.23. The van der Waals surface area contributed by atoms with Crippen molar-refractivity contribution in [3.05, 3.63) is 91.1 Å². The number of sulfone groups is 1. The molecule has 210 valence electrons. The maximum Gasteiger partial charge on any atom is 0.262 e. The number of amides is 1. The lowest BCUT2D eigenvalue weighted by Crippen LogP contribution is -2.32. The SMILES string of the molecule is Cc1ccc2c(=O)n(-c3ccc(CC(=O)CS(=O)(=O)c4cc(Cl)c(Cl)s4)cc3)cc(C(=O)NCCN(C)C)c2c1. The van der Waals surface area contributed by atoms with Gasteiger partial charge in [0.1, 0.15) is 14.3 Å². The van der Waals surface area contributed by atoms with Crippen LogP contribution in [0.4, 0.5) is 0 Å². The zero-order chi connectivity index (χ0) is 29.2. The molecule has 0 saturated carbocycles. The predicted octanol–water partition coefficient (Wildman–Crippen LogP) is 4.54. The standard InChI is InChI=1S/C28H27Cl2N3O5S2/c1-17-4-9-21-22(12-17)23(27(35)31-10-11-32(2)3)15-33(28(21)36)19-7-5-18(6-8-19)13-20(34)16-40(37,38)25-14-24(29)26(30)39-25/h4-9,12,14-15H,10-11,13,16H2,1-3H3,(H,31,35). The molecule has 0 atom stereocenters. The summed E-state index contributed by atoms with van der Waals surface area (Å²) in [6, 6.07) is 13.2. The van der Waals surface area contributed by atoms with Crippen molar-refractivity contribution >= 4 is 66.8 Å². The van der Waals surface area contributed by atoms with Crippen molar-refractivity contribution in [3.8, 4) is 5.69 Å². The van der Waals surface area contributed by atoms with Crippen LogP contribution < -0.4 is 10.9 Å². The third-order valence-corrected chi connectivity index (χ3v) is 10.3. The van der Waals surface area contributed by atoms with Gasteiger partial charge in [-0.15, -0.1) is 11.3 Å². The second-order valence-corrected chi connectivity index (χ2v) is 13.9. The Hall–Kier alpha value is -3.02. The summed E-state index contributed by atoms with van der Waals surface area (Å²) in [5, 5.41) is 4.01. The Morgan fingerprint density at radius 1 is 1.02 bits per heavy atom. The van der Waals surface area contributed by atoms with Gasteiger partial charge in [-0.25, -0.2) is 8.42 Å². The molecule has 0 aliphatic rings. The number of benzene rings is 2. The number of pyridine rings is 1. The van der Waals surface area contributed by atoms with Crippen LogP contribution in [0.3, 0.4) is 0 Å².